The molecule has 0 bridgehead atoms. The molecular formula is C17H26O3. The van der Waals surface area contributed by atoms with E-state index in [-0.39, 0.29) is 6.10 Å². The van der Waals surface area contributed by atoms with Crippen molar-refractivity contribution in [2.45, 2.75) is 57.2 Å². The van der Waals surface area contributed by atoms with E-state index in [9.17, 15) is 5.11 Å². The quantitative estimate of drug-likeness (QED) is 0.831. The van der Waals surface area contributed by atoms with Crippen LogP contribution in [-0.2, 0) is 11.2 Å². The first kappa shape index (κ1) is 15.3. The van der Waals surface area contributed by atoms with Crippen LogP contribution in [0.2, 0.25) is 0 Å². The lowest BCUT2D eigenvalue weighted by Gasteiger charge is -2.23. The monoisotopic (exact) mass is 278 g/mol. The van der Waals surface area contributed by atoms with Crippen LogP contribution < -0.4 is 4.74 Å². The predicted molar refractivity (Wildman–Crippen MR) is 80.1 cm³/mol. The van der Waals surface area contributed by atoms with Crippen LogP contribution in [0.5, 0.6) is 5.75 Å². The summed E-state index contributed by atoms with van der Waals surface area (Å²) >= 11 is 0. The Morgan fingerprint density at radius 1 is 1.25 bits per heavy atom. The van der Waals surface area contributed by atoms with Gasteiger partial charge in [-0.2, -0.15) is 0 Å². The number of hydrogen-bond acceptors (Lipinski definition) is 3. The maximum Gasteiger partial charge on any atom is 0.118 e. The molecule has 0 aliphatic carbocycles. The minimum absolute atomic E-state index is 0.220. The fourth-order valence-electron chi connectivity index (χ4n) is 2.68. The molecule has 112 valence electrons. The lowest BCUT2D eigenvalue weighted by atomic mass is 9.99. The average Bonchev–Trinajstić information content (AvgIpc) is 2.52. The van der Waals surface area contributed by atoms with Crippen molar-refractivity contribution < 1.29 is 14.6 Å². The lowest BCUT2D eigenvalue weighted by molar-refractivity contribution is 0.00178. The van der Waals surface area contributed by atoms with Crippen LogP contribution in [-0.4, -0.2) is 31.0 Å². The summed E-state index contributed by atoms with van der Waals surface area (Å²) in [7, 11) is 1.67. The Kier molecular flexibility index (Phi) is 6.34. The molecule has 1 N–H and O–H groups in total. The van der Waals surface area contributed by atoms with Crippen LogP contribution in [0.3, 0.4) is 0 Å². The molecule has 1 aromatic carbocycles. The summed E-state index contributed by atoms with van der Waals surface area (Å²) in [4.78, 5) is 0. The van der Waals surface area contributed by atoms with Crippen LogP contribution in [0, 0.1) is 0 Å². The van der Waals surface area contributed by atoms with E-state index in [4.69, 9.17) is 9.47 Å². The van der Waals surface area contributed by atoms with Crippen LogP contribution in [0.15, 0.2) is 24.3 Å². The summed E-state index contributed by atoms with van der Waals surface area (Å²) in [6, 6.07) is 8.07. The highest BCUT2D eigenvalue weighted by molar-refractivity contribution is 5.27. The van der Waals surface area contributed by atoms with Crippen LogP contribution >= 0.6 is 0 Å². The SMILES string of the molecule is COc1ccc(CCC(O)CCC2CCCCO2)cc1. The van der Waals surface area contributed by atoms with Gasteiger partial charge in [-0.05, 0) is 62.6 Å². The van der Waals surface area contributed by atoms with Crippen LogP contribution in [0.25, 0.3) is 0 Å². The number of methoxy groups -OCH3 is 1. The Labute approximate surface area is 121 Å². The van der Waals surface area contributed by atoms with Crippen molar-refractivity contribution in [1.82, 2.24) is 0 Å². The molecule has 0 saturated carbocycles. The third kappa shape index (κ3) is 5.14. The van der Waals surface area contributed by atoms with Crippen molar-refractivity contribution >= 4 is 0 Å². The first-order valence-electron chi connectivity index (χ1n) is 7.70. The Morgan fingerprint density at radius 2 is 2.05 bits per heavy atom. The van der Waals surface area contributed by atoms with E-state index in [0.29, 0.717) is 6.10 Å². The van der Waals surface area contributed by atoms with Gasteiger partial charge in [0, 0.05) is 6.61 Å². The number of aliphatic hydroxyl groups excluding tert-OH is 1. The van der Waals surface area contributed by atoms with Crippen molar-refractivity contribution in [3.8, 4) is 5.75 Å². The lowest BCUT2D eigenvalue weighted by Crippen LogP contribution is -2.21. The molecule has 0 amide bonds. The second kappa shape index (κ2) is 8.28. The minimum atomic E-state index is -0.220. The summed E-state index contributed by atoms with van der Waals surface area (Å²) in [6.45, 7) is 0.895. The van der Waals surface area contributed by atoms with E-state index in [1.807, 2.05) is 12.1 Å². The topological polar surface area (TPSA) is 38.7 Å². The van der Waals surface area contributed by atoms with E-state index >= 15 is 0 Å². The summed E-state index contributed by atoms with van der Waals surface area (Å²) < 4.78 is 10.8. The largest absolute Gasteiger partial charge is 0.497 e. The predicted octanol–water partition coefficient (Wildman–Crippen LogP) is 3.34. The Hall–Kier alpha value is -1.06. The Balaban J connectivity index is 1.64. The number of rotatable bonds is 7. The van der Waals surface area contributed by atoms with Crippen molar-refractivity contribution in [1.29, 1.82) is 0 Å². The van der Waals surface area contributed by atoms with Crippen molar-refractivity contribution in [2.24, 2.45) is 0 Å². The van der Waals surface area contributed by atoms with Gasteiger partial charge >= 0.3 is 0 Å². The highest BCUT2D eigenvalue weighted by atomic mass is 16.5. The summed E-state index contributed by atoms with van der Waals surface area (Å²) in [5.41, 5.74) is 1.25. The molecule has 1 aromatic rings. The molecule has 0 spiro atoms. The van der Waals surface area contributed by atoms with Gasteiger partial charge in [-0.25, -0.2) is 0 Å². The summed E-state index contributed by atoms with van der Waals surface area (Å²) in [6.07, 6.45) is 7.34. The first-order valence-corrected chi connectivity index (χ1v) is 7.70. The van der Waals surface area contributed by atoms with E-state index < -0.39 is 0 Å². The molecule has 20 heavy (non-hydrogen) atoms. The maximum atomic E-state index is 10.1. The highest BCUT2D eigenvalue weighted by Gasteiger charge is 2.15. The number of hydrogen-bond donors (Lipinski definition) is 1. The van der Waals surface area contributed by atoms with Gasteiger partial charge in [0.15, 0.2) is 0 Å². The van der Waals surface area contributed by atoms with Gasteiger partial charge in [-0.1, -0.05) is 12.1 Å². The average molecular weight is 278 g/mol. The summed E-state index contributed by atoms with van der Waals surface area (Å²) in [5.74, 6) is 0.878. The van der Waals surface area contributed by atoms with Crippen molar-refractivity contribution in [2.75, 3.05) is 13.7 Å². The molecule has 2 atom stereocenters. The van der Waals surface area contributed by atoms with Gasteiger partial charge in [-0.15, -0.1) is 0 Å². The van der Waals surface area contributed by atoms with Crippen LogP contribution in [0.4, 0.5) is 0 Å². The van der Waals surface area contributed by atoms with Gasteiger partial charge in [-0.3, -0.25) is 0 Å². The van der Waals surface area contributed by atoms with E-state index in [2.05, 4.69) is 12.1 Å². The second-order valence-electron chi connectivity index (χ2n) is 5.61. The molecule has 1 aliphatic heterocycles. The normalized spacial score (nSPS) is 20.6. The fraction of sp³-hybridized carbons (Fsp3) is 0.647. The Morgan fingerprint density at radius 3 is 2.70 bits per heavy atom. The van der Waals surface area contributed by atoms with Gasteiger partial charge in [0.2, 0.25) is 0 Å². The van der Waals surface area contributed by atoms with Gasteiger partial charge in [0.05, 0.1) is 19.3 Å². The van der Waals surface area contributed by atoms with Crippen molar-refractivity contribution in [3.05, 3.63) is 29.8 Å². The zero-order valence-corrected chi connectivity index (χ0v) is 12.4. The zero-order valence-electron chi connectivity index (χ0n) is 12.4. The van der Waals surface area contributed by atoms with E-state index in [1.165, 1.54) is 18.4 Å². The molecule has 0 aromatic heterocycles. The molecule has 1 fully saturated rings. The van der Waals surface area contributed by atoms with E-state index in [0.717, 1.165) is 44.5 Å². The molecule has 2 rings (SSSR count). The molecular weight excluding hydrogens is 252 g/mol. The second-order valence-corrected chi connectivity index (χ2v) is 5.61. The number of benzene rings is 1. The van der Waals surface area contributed by atoms with Gasteiger partial charge in [0.25, 0.3) is 0 Å². The standard InChI is InChI=1S/C17H26O3/c1-19-16-10-6-14(7-11-16)5-8-15(18)9-12-17-4-2-3-13-20-17/h6-7,10-11,15,17-18H,2-5,8-9,12-13H2,1H3. The molecule has 1 aliphatic rings. The third-order valence-electron chi connectivity index (χ3n) is 4.02. The highest BCUT2D eigenvalue weighted by Crippen LogP contribution is 2.19. The minimum Gasteiger partial charge on any atom is -0.497 e. The zero-order chi connectivity index (χ0) is 14.2. The van der Waals surface area contributed by atoms with Crippen molar-refractivity contribution in [3.63, 3.8) is 0 Å². The molecule has 3 nitrogen and oxygen atoms in total. The third-order valence-corrected chi connectivity index (χ3v) is 4.02. The Bertz CT molecular complexity index is 368. The molecule has 1 heterocycles. The van der Waals surface area contributed by atoms with Gasteiger partial charge in [0.1, 0.15) is 5.75 Å². The van der Waals surface area contributed by atoms with Crippen LogP contribution in [0.1, 0.15) is 44.1 Å². The number of aliphatic hydroxyl groups is 1. The first-order chi connectivity index (χ1) is 9.78. The molecule has 2 unspecified atom stereocenters. The molecule has 1 saturated heterocycles. The van der Waals surface area contributed by atoms with E-state index in [1.54, 1.807) is 7.11 Å². The molecule has 3 heteroatoms. The number of ether oxygens (including phenoxy) is 2. The van der Waals surface area contributed by atoms with Gasteiger partial charge < -0.3 is 14.6 Å². The number of aryl methyl sites for hydroxylation is 1. The molecule has 0 radical (unpaired) electrons. The summed E-state index contributed by atoms with van der Waals surface area (Å²) in [5, 5.41) is 10.1. The maximum absolute atomic E-state index is 10.1. The fourth-order valence-corrected chi connectivity index (χ4v) is 2.68. The smallest absolute Gasteiger partial charge is 0.118 e.